The second kappa shape index (κ2) is 7.64. The van der Waals surface area contributed by atoms with Gasteiger partial charge in [0.2, 0.25) is 5.91 Å². The molecule has 35 heavy (non-hydrogen) atoms. The molecule has 1 saturated carbocycles. The molecule has 3 heterocycles. The number of aromatic nitrogens is 1. The van der Waals surface area contributed by atoms with Gasteiger partial charge in [0.15, 0.2) is 23.3 Å². The first-order valence-corrected chi connectivity index (χ1v) is 11.8. The van der Waals surface area contributed by atoms with Crippen LogP contribution in [0, 0.1) is 0 Å². The molecular formula is C24H18F2N2O6S. The number of rotatable bonds is 5. The van der Waals surface area contributed by atoms with Crippen LogP contribution in [0.2, 0.25) is 0 Å². The minimum atomic E-state index is -3.73. The lowest BCUT2D eigenvalue weighted by atomic mass is 9.91. The van der Waals surface area contributed by atoms with Crippen LogP contribution in [-0.4, -0.2) is 28.3 Å². The summed E-state index contributed by atoms with van der Waals surface area (Å²) in [5, 5.41) is 14.3. The third-order valence-corrected chi connectivity index (χ3v) is 7.41. The van der Waals surface area contributed by atoms with Crippen LogP contribution in [0.5, 0.6) is 17.2 Å². The molecule has 2 aliphatic heterocycles. The van der Waals surface area contributed by atoms with Gasteiger partial charge in [-0.15, -0.1) is 20.1 Å². The molecule has 11 heteroatoms. The molecule has 2 N–H and O–H groups in total. The number of aromatic carboxylic acids is 1. The molecule has 2 atom stereocenters. The average Bonchev–Trinajstić information content (AvgIpc) is 3.36. The molecule has 0 radical (unpaired) electrons. The number of amides is 1. The van der Waals surface area contributed by atoms with E-state index >= 15 is 0 Å². The Balaban J connectivity index is 1.26. The maximum absolute atomic E-state index is 13.5. The largest absolute Gasteiger partial charge is 0.586 e. The highest BCUT2D eigenvalue weighted by Gasteiger charge is 2.53. The molecule has 180 valence electrons. The number of carbonyl (C=O) groups excluding carboxylic acids is 1. The zero-order chi connectivity index (χ0) is 24.4. The van der Waals surface area contributed by atoms with Gasteiger partial charge in [-0.3, -0.25) is 4.79 Å². The van der Waals surface area contributed by atoms with Crippen LogP contribution in [0.25, 0.3) is 0 Å². The van der Waals surface area contributed by atoms with E-state index in [1.54, 1.807) is 12.1 Å². The van der Waals surface area contributed by atoms with E-state index in [1.165, 1.54) is 28.8 Å². The number of ether oxygens (including phenoxy) is 3. The number of thiazole rings is 1. The molecule has 3 aliphatic rings. The fourth-order valence-corrected chi connectivity index (χ4v) is 5.39. The third kappa shape index (κ3) is 3.75. The lowest BCUT2D eigenvalue weighted by Gasteiger charge is -2.32. The van der Waals surface area contributed by atoms with Crippen LogP contribution >= 0.6 is 11.3 Å². The standard InChI is InChI=1S/C24H18F2N2O6S/c25-24(26)33-17-6-5-12(9-18(17)34-24)23(7-8-23)22(31)28-14-10-19(20-27-15(11-35-20)21(29)30)32-16-4-2-1-3-13(14)16/h1-6,9,11,14,19H,7-8,10H2,(H,28,31)(H,29,30)/t14-,19-/m1/s1. The predicted octanol–water partition coefficient (Wildman–Crippen LogP) is 4.58. The van der Waals surface area contributed by atoms with Gasteiger partial charge in [-0.25, -0.2) is 9.78 Å². The van der Waals surface area contributed by atoms with Crippen LogP contribution in [0.4, 0.5) is 8.78 Å². The monoisotopic (exact) mass is 500 g/mol. The smallest absolute Gasteiger partial charge is 0.483 e. The maximum atomic E-state index is 13.5. The summed E-state index contributed by atoms with van der Waals surface area (Å²) in [5.41, 5.74) is 0.473. The second-order valence-electron chi connectivity index (χ2n) is 8.69. The molecule has 1 aromatic heterocycles. The first kappa shape index (κ1) is 21.8. The van der Waals surface area contributed by atoms with Crippen molar-refractivity contribution in [2.75, 3.05) is 0 Å². The molecule has 1 amide bonds. The summed E-state index contributed by atoms with van der Waals surface area (Å²) in [6.07, 6.45) is -2.76. The molecule has 1 fully saturated rings. The van der Waals surface area contributed by atoms with Gasteiger partial charge in [-0.05, 0) is 36.6 Å². The molecule has 0 unspecified atom stereocenters. The number of hydrogen-bond donors (Lipinski definition) is 2. The number of nitrogens with one attached hydrogen (secondary N) is 1. The molecule has 1 aliphatic carbocycles. The number of hydrogen-bond acceptors (Lipinski definition) is 7. The average molecular weight is 500 g/mol. The van der Waals surface area contributed by atoms with Crippen molar-refractivity contribution in [2.24, 2.45) is 0 Å². The van der Waals surface area contributed by atoms with Gasteiger partial charge in [0.05, 0.1) is 11.5 Å². The molecule has 0 bridgehead atoms. The SMILES string of the molecule is O=C(O)c1csc([C@H]2C[C@@H](NC(=O)C3(c4ccc5c(c4)OC(F)(F)O5)CC3)c3ccccc3O2)n1. The minimum Gasteiger partial charge on any atom is -0.483 e. The molecule has 0 spiro atoms. The van der Waals surface area contributed by atoms with Gasteiger partial charge >= 0.3 is 12.3 Å². The number of carboxylic acid groups (broad SMARTS) is 1. The van der Waals surface area contributed by atoms with Gasteiger partial charge in [0.1, 0.15) is 10.8 Å². The van der Waals surface area contributed by atoms with Gasteiger partial charge in [-0.2, -0.15) is 0 Å². The molecule has 2 aromatic carbocycles. The van der Waals surface area contributed by atoms with Gasteiger partial charge < -0.3 is 24.6 Å². The lowest BCUT2D eigenvalue weighted by Crippen LogP contribution is -2.39. The quantitative estimate of drug-likeness (QED) is 0.528. The van der Waals surface area contributed by atoms with E-state index in [-0.39, 0.29) is 23.1 Å². The van der Waals surface area contributed by atoms with Gasteiger partial charge in [-0.1, -0.05) is 24.3 Å². The number of nitrogens with zero attached hydrogens (tertiary/aromatic N) is 1. The van der Waals surface area contributed by atoms with E-state index in [9.17, 15) is 23.5 Å². The van der Waals surface area contributed by atoms with Crippen molar-refractivity contribution < 1.29 is 37.7 Å². The number of halogens is 2. The Bertz CT molecular complexity index is 1360. The highest BCUT2D eigenvalue weighted by atomic mass is 32.1. The second-order valence-corrected chi connectivity index (χ2v) is 9.58. The summed E-state index contributed by atoms with van der Waals surface area (Å²) in [6, 6.07) is 11.3. The summed E-state index contributed by atoms with van der Waals surface area (Å²) >= 11 is 1.19. The molecule has 3 aromatic rings. The molecule has 8 nitrogen and oxygen atoms in total. The van der Waals surface area contributed by atoms with E-state index in [4.69, 9.17) is 4.74 Å². The number of benzene rings is 2. The fraction of sp³-hybridized carbons (Fsp3) is 0.292. The van der Waals surface area contributed by atoms with E-state index in [0.717, 1.165) is 5.56 Å². The first-order valence-electron chi connectivity index (χ1n) is 10.9. The van der Waals surface area contributed by atoms with Crippen molar-refractivity contribution in [3.8, 4) is 17.2 Å². The summed E-state index contributed by atoms with van der Waals surface area (Å²) in [6.45, 7) is 0. The number of fused-ring (bicyclic) bond motifs is 2. The summed E-state index contributed by atoms with van der Waals surface area (Å²) < 4.78 is 42.0. The van der Waals surface area contributed by atoms with Crippen molar-refractivity contribution in [3.63, 3.8) is 0 Å². The summed E-state index contributed by atoms with van der Waals surface area (Å²) in [7, 11) is 0. The molecule has 6 rings (SSSR count). The van der Waals surface area contributed by atoms with Crippen molar-refractivity contribution in [1.82, 2.24) is 10.3 Å². The van der Waals surface area contributed by atoms with E-state index in [2.05, 4.69) is 19.8 Å². The third-order valence-electron chi connectivity index (χ3n) is 6.47. The maximum Gasteiger partial charge on any atom is 0.586 e. The highest BCUT2D eigenvalue weighted by molar-refractivity contribution is 7.09. The van der Waals surface area contributed by atoms with E-state index in [0.29, 0.717) is 35.6 Å². The lowest BCUT2D eigenvalue weighted by molar-refractivity contribution is -0.286. The van der Waals surface area contributed by atoms with Crippen molar-refractivity contribution >= 4 is 23.2 Å². The number of carbonyl (C=O) groups is 2. The normalized spacial score (nSPS) is 22.6. The van der Waals surface area contributed by atoms with Crippen LogP contribution in [0.3, 0.4) is 0 Å². The number of para-hydroxylation sites is 1. The van der Waals surface area contributed by atoms with Crippen LogP contribution < -0.4 is 19.5 Å². The Hall–Kier alpha value is -3.73. The Labute approximate surface area is 201 Å². The highest BCUT2D eigenvalue weighted by Crippen LogP contribution is 2.52. The van der Waals surface area contributed by atoms with Crippen molar-refractivity contribution in [3.05, 3.63) is 69.7 Å². The number of carboxylic acids is 1. The summed E-state index contributed by atoms with van der Waals surface area (Å²) in [5.74, 6) is -0.933. The van der Waals surface area contributed by atoms with Gasteiger partial charge in [0.25, 0.3) is 0 Å². The molecular weight excluding hydrogens is 482 g/mol. The van der Waals surface area contributed by atoms with E-state index < -0.39 is 29.8 Å². The predicted molar refractivity (Wildman–Crippen MR) is 118 cm³/mol. The Morgan fingerprint density at radius 2 is 1.86 bits per heavy atom. The summed E-state index contributed by atoms with van der Waals surface area (Å²) in [4.78, 5) is 28.9. The zero-order valence-electron chi connectivity index (χ0n) is 18.0. The van der Waals surface area contributed by atoms with Crippen LogP contribution in [0.1, 0.15) is 58.0 Å². The minimum absolute atomic E-state index is 0.0571. The number of alkyl halides is 2. The fourth-order valence-electron chi connectivity index (χ4n) is 4.55. The van der Waals surface area contributed by atoms with Crippen molar-refractivity contribution in [2.45, 2.75) is 43.1 Å². The zero-order valence-corrected chi connectivity index (χ0v) is 18.8. The molecule has 0 saturated heterocycles. The van der Waals surface area contributed by atoms with Crippen LogP contribution in [0.15, 0.2) is 47.8 Å². The van der Waals surface area contributed by atoms with Gasteiger partial charge in [0, 0.05) is 17.4 Å². The Morgan fingerprint density at radius 3 is 2.60 bits per heavy atom. The Morgan fingerprint density at radius 1 is 1.09 bits per heavy atom. The Kier molecular flexibility index (Phi) is 4.75. The topological polar surface area (TPSA) is 107 Å². The first-order chi connectivity index (χ1) is 16.7. The van der Waals surface area contributed by atoms with Crippen LogP contribution in [-0.2, 0) is 10.2 Å². The van der Waals surface area contributed by atoms with Crippen molar-refractivity contribution in [1.29, 1.82) is 0 Å². The van der Waals surface area contributed by atoms with E-state index in [1.807, 2.05) is 18.2 Å².